The molecule has 1 aromatic heterocycles. The van der Waals surface area contributed by atoms with Crippen molar-refractivity contribution in [2.75, 3.05) is 4.90 Å². The molecule has 0 radical (unpaired) electrons. The lowest BCUT2D eigenvalue weighted by Gasteiger charge is -2.29. The van der Waals surface area contributed by atoms with Gasteiger partial charge in [-0.15, -0.1) is 0 Å². The lowest BCUT2D eigenvalue weighted by Crippen LogP contribution is -2.16. The summed E-state index contributed by atoms with van der Waals surface area (Å²) in [5.74, 6) is 0.651. The van der Waals surface area contributed by atoms with Gasteiger partial charge in [-0.2, -0.15) is 0 Å². The quantitative estimate of drug-likeness (QED) is 0.179. The zero-order valence-electron chi connectivity index (χ0n) is 29.4. The Kier molecular flexibility index (Phi) is 6.96. The highest BCUT2D eigenvalue weighted by Crippen LogP contribution is 2.51. The average Bonchev–Trinajstić information content (AvgIpc) is 3.63. The van der Waals surface area contributed by atoms with E-state index in [1.165, 1.54) is 110 Å². The zero-order chi connectivity index (χ0) is 34.1. The highest BCUT2D eigenvalue weighted by Gasteiger charge is 2.36. The van der Waals surface area contributed by atoms with Crippen molar-refractivity contribution in [1.82, 2.24) is 4.57 Å². The molecule has 0 spiro atoms. The first-order chi connectivity index (χ1) is 25.1. The number of benzene rings is 7. The molecule has 2 heteroatoms. The molecule has 0 unspecified atom stereocenters. The van der Waals surface area contributed by atoms with E-state index in [2.05, 4.69) is 175 Å². The van der Waals surface area contributed by atoms with Gasteiger partial charge >= 0.3 is 0 Å². The van der Waals surface area contributed by atoms with Gasteiger partial charge in [-0.05, 0) is 107 Å². The van der Waals surface area contributed by atoms with Crippen molar-refractivity contribution in [3.05, 3.63) is 168 Å². The van der Waals surface area contributed by atoms with Crippen molar-refractivity contribution < 1.29 is 0 Å². The topological polar surface area (TPSA) is 8.17 Å². The Balaban J connectivity index is 1.21. The molecule has 10 rings (SSSR count). The van der Waals surface area contributed by atoms with Crippen molar-refractivity contribution in [1.29, 1.82) is 0 Å². The number of anilines is 3. The van der Waals surface area contributed by atoms with E-state index in [1.807, 2.05) is 0 Å². The van der Waals surface area contributed by atoms with Crippen LogP contribution in [-0.4, -0.2) is 4.57 Å². The average molecular weight is 659 g/mol. The third-order valence-corrected chi connectivity index (χ3v) is 12.0. The van der Waals surface area contributed by atoms with Crippen LogP contribution >= 0.6 is 0 Å². The Morgan fingerprint density at radius 3 is 2.14 bits per heavy atom. The summed E-state index contributed by atoms with van der Waals surface area (Å²) in [7, 11) is 0. The number of hydrogen-bond donors (Lipinski definition) is 0. The maximum Gasteiger partial charge on any atom is 0.0543 e. The minimum Gasteiger partial charge on any atom is -0.310 e. The fraction of sp³-hybridized carbons (Fsp3) is 0.184. The minimum absolute atomic E-state index is 0.0878. The standard InChI is InChI=1S/C49H42N2/c1-49(2)44-22-12-11-21-40(44)41-28-25-38(32-45(41)49)50(46-23-13-17-34-16-9-10-20-39(34)46)37-26-29-47-43(31-37)42-27-24-35(33-14-5-3-6-15-33)30-48(42)51(47)36-18-7-4-8-19-36/h4,7-13,16-33H,3,5-6,14-15H2,1-2H3. The summed E-state index contributed by atoms with van der Waals surface area (Å²) in [5, 5.41) is 5.07. The van der Waals surface area contributed by atoms with Gasteiger partial charge in [0.05, 0.1) is 16.7 Å². The molecule has 8 aromatic rings. The molecule has 1 heterocycles. The molecule has 248 valence electrons. The summed E-state index contributed by atoms with van der Waals surface area (Å²) in [6.07, 6.45) is 6.63. The van der Waals surface area contributed by atoms with E-state index in [1.54, 1.807) is 0 Å². The van der Waals surface area contributed by atoms with E-state index in [4.69, 9.17) is 0 Å². The van der Waals surface area contributed by atoms with Crippen LogP contribution in [0.1, 0.15) is 68.6 Å². The van der Waals surface area contributed by atoms with Gasteiger partial charge in [-0.1, -0.05) is 130 Å². The second-order valence-corrected chi connectivity index (χ2v) is 15.2. The lowest BCUT2D eigenvalue weighted by molar-refractivity contribution is 0.444. The molecule has 0 amide bonds. The van der Waals surface area contributed by atoms with E-state index in [-0.39, 0.29) is 5.41 Å². The van der Waals surface area contributed by atoms with E-state index >= 15 is 0 Å². The number of fused-ring (bicyclic) bond motifs is 7. The molecule has 7 aromatic carbocycles. The first kappa shape index (κ1) is 30.2. The maximum atomic E-state index is 2.50. The van der Waals surface area contributed by atoms with Crippen LogP contribution in [0.3, 0.4) is 0 Å². The van der Waals surface area contributed by atoms with Crippen molar-refractivity contribution in [3.8, 4) is 16.8 Å². The van der Waals surface area contributed by atoms with Crippen LogP contribution in [0.15, 0.2) is 152 Å². The van der Waals surface area contributed by atoms with E-state index in [0.717, 1.165) is 5.69 Å². The van der Waals surface area contributed by atoms with Crippen LogP contribution in [0, 0.1) is 0 Å². The Labute approximate surface area is 300 Å². The molecule has 0 bridgehead atoms. The summed E-state index contributed by atoms with van der Waals surface area (Å²) >= 11 is 0. The smallest absolute Gasteiger partial charge is 0.0543 e. The molecule has 2 aliphatic carbocycles. The largest absolute Gasteiger partial charge is 0.310 e. The second-order valence-electron chi connectivity index (χ2n) is 15.2. The number of para-hydroxylation sites is 1. The minimum atomic E-state index is -0.0878. The molecule has 0 aliphatic heterocycles. The lowest BCUT2D eigenvalue weighted by atomic mass is 9.82. The monoisotopic (exact) mass is 658 g/mol. The van der Waals surface area contributed by atoms with Gasteiger partial charge in [-0.25, -0.2) is 0 Å². The van der Waals surface area contributed by atoms with Gasteiger partial charge in [0.25, 0.3) is 0 Å². The first-order valence-electron chi connectivity index (χ1n) is 18.7. The van der Waals surface area contributed by atoms with Crippen molar-refractivity contribution >= 4 is 49.6 Å². The van der Waals surface area contributed by atoms with E-state index in [9.17, 15) is 0 Å². The van der Waals surface area contributed by atoms with Crippen LogP contribution in [0.2, 0.25) is 0 Å². The SMILES string of the molecule is CC1(C)c2ccccc2-c2ccc(N(c3ccc4c(c3)c3ccc(C5CCCCC5)cc3n4-c3ccccc3)c3cccc4ccccc34)cc21. The molecular weight excluding hydrogens is 617 g/mol. The Morgan fingerprint density at radius 2 is 1.25 bits per heavy atom. The normalized spacial score (nSPS) is 15.3. The summed E-state index contributed by atoms with van der Waals surface area (Å²) in [5.41, 5.74) is 14.1. The van der Waals surface area contributed by atoms with Gasteiger partial charge in [0.2, 0.25) is 0 Å². The molecule has 2 aliphatic rings. The van der Waals surface area contributed by atoms with Crippen LogP contribution in [0.5, 0.6) is 0 Å². The molecule has 1 saturated carbocycles. The van der Waals surface area contributed by atoms with Crippen LogP contribution in [0.25, 0.3) is 49.4 Å². The Morgan fingerprint density at radius 1 is 0.529 bits per heavy atom. The van der Waals surface area contributed by atoms with Gasteiger partial charge in [0, 0.05) is 38.6 Å². The van der Waals surface area contributed by atoms with Crippen LogP contribution < -0.4 is 4.90 Å². The second kappa shape index (κ2) is 11.7. The number of nitrogens with zero attached hydrogens (tertiary/aromatic N) is 2. The zero-order valence-corrected chi connectivity index (χ0v) is 29.4. The van der Waals surface area contributed by atoms with E-state index < -0.39 is 0 Å². The highest BCUT2D eigenvalue weighted by molar-refractivity contribution is 6.11. The molecule has 2 nitrogen and oxygen atoms in total. The Hall–Kier alpha value is -5.60. The molecule has 51 heavy (non-hydrogen) atoms. The predicted octanol–water partition coefficient (Wildman–Crippen LogP) is 13.8. The number of hydrogen-bond acceptors (Lipinski definition) is 1. The molecule has 0 atom stereocenters. The summed E-state index contributed by atoms with van der Waals surface area (Å²) in [6, 6.07) is 56.9. The molecule has 0 saturated heterocycles. The summed E-state index contributed by atoms with van der Waals surface area (Å²) < 4.78 is 2.48. The third-order valence-electron chi connectivity index (χ3n) is 12.0. The van der Waals surface area contributed by atoms with E-state index in [0.29, 0.717) is 5.92 Å². The van der Waals surface area contributed by atoms with Crippen molar-refractivity contribution in [2.24, 2.45) is 0 Å². The maximum absolute atomic E-state index is 2.50. The molecule has 1 fully saturated rings. The van der Waals surface area contributed by atoms with Crippen LogP contribution in [-0.2, 0) is 5.41 Å². The van der Waals surface area contributed by atoms with Gasteiger partial charge in [-0.3, -0.25) is 0 Å². The van der Waals surface area contributed by atoms with Gasteiger partial charge < -0.3 is 9.47 Å². The highest BCUT2D eigenvalue weighted by atomic mass is 15.1. The van der Waals surface area contributed by atoms with Gasteiger partial charge in [0.15, 0.2) is 0 Å². The number of aromatic nitrogens is 1. The fourth-order valence-electron chi connectivity index (χ4n) is 9.37. The van der Waals surface area contributed by atoms with Gasteiger partial charge in [0.1, 0.15) is 0 Å². The number of rotatable bonds is 5. The Bertz CT molecular complexity index is 2600. The van der Waals surface area contributed by atoms with Crippen molar-refractivity contribution in [2.45, 2.75) is 57.3 Å². The van der Waals surface area contributed by atoms with Crippen molar-refractivity contribution in [3.63, 3.8) is 0 Å². The molecule has 0 N–H and O–H groups in total. The summed E-state index contributed by atoms with van der Waals surface area (Å²) in [6.45, 7) is 4.74. The first-order valence-corrected chi connectivity index (χ1v) is 18.7. The third kappa shape index (κ3) is 4.77. The predicted molar refractivity (Wildman–Crippen MR) is 216 cm³/mol. The summed E-state index contributed by atoms with van der Waals surface area (Å²) in [4.78, 5) is 2.49. The molecular formula is C49H42N2. The van der Waals surface area contributed by atoms with Crippen LogP contribution in [0.4, 0.5) is 17.1 Å². The fourth-order valence-corrected chi connectivity index (χ4v) is 9.37.